The summed E-state index contributed by atoms with van der Waals surface area (Å²) in [6, 6.07) is 5.41. The molecule has 0 fully saturated rings. The van der Waals surface area contributed by atoms with E-state index in [9.17, 15) is 4.79 Å². The fourth-order valence-corrected chi connectivity index (χ4v) is 2.15. The van der Waals surface area contributed by atoms with Crippen molar-refractivity contribution in [2.45, 2.75) is 13.8 Å². The zero-order chi connectivity index (χ0) is 12.2. The Morgan fingerprint density at radius 2 is 2.12 bits per heavy atom. The molecule has 0 radical (unpaired) electrons. The van der Waals surface area contributed by atoms with E-state index < -0.39 is 0 Å². The number of H-pyrrole nitrogens is 1. The second-order valence-electron chi connectivity index (χ2n) is 4.14. The summed E-state index contributed by atoms with van der Waals surface area (Å²) in [5, 5.41) is 4.02. The minimum Gasteiger partial charge on any atom is -0.294 e. The van der Waals surface area contributed by atoms with Crippen molar-refractivity contribution in [1.82, 2.24) is 14.6 Å². The third kappa shape index (κ3) is 1.37. The third-order valence-electron chi connectivity index (χ3n) is 2.83. The van der Waals surface area contributed by atoms with Crippen LogP contribution < -0.4 is 5.56 Å². The molecule has 0 spiro atoms. The van der Waals surface area contributed by atoms with Crippen LogP contribution in [0.2, 0.25) is 5.02 Å². The van der Waals surface area contributed by atoms with Crippen molar-refractivity contribution in [2.24, 2.45) is 0 Å². The quantitative estimate of drug-likeness (QED) is 0.663. The number of rotatable bonds is 0. The first-order valence-electron chi connectivity index (χ1n) is 5.25. The Labute approximate surface area is 102 Å². The van der Waals surface area contributed by atoms with Crippen LogP contribution in [-0.4, -0.2) is 14.6 Å². The number of aromatic amines is 1. The van der Waals surface area contributed by atoms with Crippen molar-refractivity contribution in [1.29, 1.82) is 0 Å². The van der Waals surface area contributed by atoms with Gasteiger partial charge < -0.3 is 0 Å². The molecule has 0 aliphatic heterocycles. The van der Waals surface area contributed by atoms with Crippen molar-refractivity contribution in [3.63, 3.8) is 0 Å². The lowest BCUT2D eigenvalue weighted by Crippen LogP contribution is -2.15. The first-order valence-corrected chi connectivity index (χ1v) is 5.63. The largest absolute Gasteiger partial charge is 0.294 e. The summed E-state index contributed by atoms with van der Waals surface area (Å²) in [4.78, 5) is 16.6. The number of aryl methyl sites for hydroxylation is 2. The van der Waals surface area contributed by atoms with Crippen LogP contribution in [0.25, 0.3) is 16.6 Å². The van der Waals surface area contributed by atoms with Crippen molar-refractivity contribution in [3.8, 4) is 0 Å². The maximum absolute atomic E-state index is 12.2. The van der Waals surface area contributed by atoms with Crippen LogP contribution in [0.5, 0.6) is 0 Å². The Morgan fingerprint density at radius 1 is 1.35 bits per heavy atom. The van der Waals surface area contributed by atoms with Gasteiger partial charge in [-0.05, 0) is 25.5 Å². The van der Waals surface area contributed by atoms with Gasteiger partial charge in [0, 0.05) is 11.8 Å². The number of nitrogens with zero attached hydrogens (tertiary/aromatic N) is 2. The summed E-state index contributed by atoms with van der Waals surface area (Å²) in [5.41, 5.74) is 2.84. The summed E-state index contributed by atoms with van der Waals surface area (Å²) in [6.07, 6.45) is 0. The molecule has 86 valence electrons. The second kappa shape index (κ2) is 3.34. The Bertz CT molecular complexity index is 801. The summed E-state index contributed by atoms with van der Waals surface area (Å²) in [6.45, 7) is 3.78. The lowest BCUT2D eigenvalue weighted by Gasteiger charge is -2.03. The first kappa shape index (κ1) is 10.4. The molecule has 4 nitrogen and oxygen atoms in total. The van der Waals surface area contributed by atoms with Crippen LogP contribution in [0.4, 0.5) is 0 Å². The van der Waals surface area contributed by atoms with Gasteiger partial charge in [0.2, 0.25) is 0 Å². The lowest BCUT2D eigenvalue weighted by atomic mass is 10.2. The summed E-state index contributed by atoms with van der Waals surface area (Å²) in [5.74, 6) is 0. The average Bonchev–Trinajstić information content (AvgIpc) is 2.66. The number of benzene rings is 1. The van der Waals surface area contributed by atoms with E-state index in [1.807, 2.05) is 26.0 Å². The summed E-state index contributed by atoms with van der Waals surface area (Å²) >= 11 is 6.18. The van der Waals surface area contributed by atoms with E-state index in [-0.39, 0.29) is 5.56 Å². The maximum Gasteiger partial charge on any atom is 0.280 e. The third-order valence-corrected chi connectivity index (χ3v) is 3.31. The van der Waals surface area contributed by atoms with Gasteiger partial charge in [-0.25, -0.2) is 9.50 Å². The highest BCUT2D eigenvalue weighted by atomic mass is 35.5. The van der Waals surface area contributed by atoms with E-state index >= 15 is 0 Å². The van der Waals surface area contributed by atoms with Gasteiger partial charge in [-0.15, -0.1) is 0 Å². The van der Waals surface area contributed by atoms with E-state index in [0.717, 1.165) is 11.3 Å². The molecular weight excluding hydrogens is 238 g/mol. The maximum atomic E-state index is 12.2. The van der Waals surface area contributed by atoms with Gasteiger partial charge in [0.15, 0.2) is 5.65 Å². The highest BCUT2D eigenvalue weighted by Crippen LogP contribution is 2.23. The molecule has 1 aromatic carbocycles. The zero-order valence-electron chi connectivity index (χ0n) is 9.41. The fraction of sp³-hybridized carbons (Fsp3) is 0.167. The minimum absolute atomic E-state index is 0.125. The van der Waals surface area contributed by atoms with Crippen LogP contribution in [0, 0.1) is 13.8 Å². The van der Waals surface area contributed by atoms with E-state index in [1.54, 1.807) is 6.07 Å². The van der Waals surface area contributed by atoms with Gasteiger partial charge in [-0.2, -0.15) is 0 Å². The molecular formula is C12H10ClN3O. The van der Waals surface area contributed by atoms with Crippen LogP contribution in [-0.2, 0) is 0 Å². The van der Waals surface area contributed by atoms with E-state index in [4.69, 9.17) is 11.6 Å². The van der Waals surface area contributed by atoms with Crippen molar-refractivity contribution in [2.75, 3.05) is 0 Å². The molecule has 0 unspecified atom stereocenters. The highest BCUT2D eigenvalue weighted by Gasteiger charge is 2.11. The van der Waals surface area contributed by atoms with Crippen molar-refractivity contribution in [3.05, 3.63) is 44.8 Å². The fourth-order valence-electron chi connectivity index (χ4n) is 1.94. The van der Waals surface area contributed by atoms with Crippen molar-refractivity contribution < 1.29 is 0 Å². The zero-order valence-corrected chi connectivity index (χ0v) is 10.2. The lowest BCUT2D eigenvalue weighted by molar-refractivity contribution is 0.895. The molecule has 5 heteroatoms. The molecule has 0 atom stereocenters. The van der Waals surface area contributed by atoms with Crippen LogP contribution in [0.1, 0.15) is 11.3 Å². The smallest absolute Gasteiger partial charge is 0.280 e. The number of halogens is 1. The molecule has 0 amide bonds. The molecule has 0 aliphatic rings. The van der Waals surface area contributed by atoms with Gasteiger partial charge in [-0.3, -0.25) is 9.89 Å². The minimum atomic E-state index is -0.125. The predicted octanol–water partition coefficient (Wildman–Crippen LogP) is 2.45. The average molecular weight is 248 g/mol. The number of hydrogen-bond acceptors (Lipinski definition) is 2. The number of nitrogens with one attached hydrogen (secondary N) is 1. The Hall–Kier alpha value is -1.81. The monoisotopic (exact) mass is 247 g/mol. The number of aromatic nitrogens is 3. The van der Waals surface area contributed by atoms with E-state index in [0.29, 0.717) is 21.6 Å². The Kier molecular flexibility index (Phi) is 2.03. The standard InChI is InChI=1S/C12H10ClN3O/c1-6-3-4-8-11(10(6)13)14-9-5-7(2)15-16(9)12(8)17/h3-5,15H,1-2H3. The second-order valence-corrected chi connectivity index (χ2v) is 4.52. The van der Waals surface area contributed by atoms with Gasteiger partial charge in [0.25, 0.3) is 5.56 Å². The van der Waals surface area contributed by atoms with Gasteiger partial charge in [0.05, 0.1) is 15.9 Å². The summed E-state index contributed by atoms with van der Waals surface area (Å²) < 4.78 is 1.43. The molecule has 2 aromatic heterocycles. The molecule has 0 aliphatic carbocycles. The Morgan fingerprint density at radius 3 is 2.88 bits per heavy atom. The molecule has 3 aromatic rings. The predicted molar refractivity (Wildman–Crippen MR) is 67.8 cm³/mol. The molecule has 3 rings (SSSR count). The topological polar surface area (TPSA) is 50.2 Å². The molecule has 0 bridgehead atoms. The van der Waals surface area contributed by atoms with Crippen LogP contribution >= 0.6 is 11.6 Å². The van der Waals surface area contributed by atoms with Gasteiger partial charge in [-0.1, -0.05) is 17.7 Å². The summed E-state index contributed by atoms with van der Waals surface area (Å²) in [7, 11) is 0. The number of fused-ring (bicyclic) bond motifs is 2. The van der Waals surface area contributed by atoms with Crippen molar-refractivity contribution >= 4 is 28.2 Å². The normalized spacial score (nSPS) is 11.5. The molecule has 17 heavy (non-hydrogen) atoms. The van der Waals surface area contributed by atoms with Gasteiger partial charge in [0.1, 0.15) is 0 Å². The van der Waals surface area contributed by atoms with Crippen LogP contribution in [0.3, 0.4) is 0 Å². The van der Waals surface area contributed by atoms with Crippen LogP contribution in [0.15, 0.2) is 23.0 Å². The molecule has 0 saturated carbocycles. The highest BCUT2D eigenvalue weighted by molar-refractivity contribution is 6.35. The Balaban J connectivity index is 2.63. The first-order chi connectivity index (χ1) is 8.08. The van der Waals surface area contributed by atoms with E-state index in [2.05, 4.69) is 10.1 Å². The molecule has 1 N–H and O–H groups in total. The molecule has 0 saturated heterocycles. The van der Waals surface area contributed by atoms with E-state index in [1.165, 1.54) is 4.52 Å². The van der Waals surface area contributed by atoms with Gasteiger partial charge >= 0.3 is 0 Å². The number of hydrogen-bond donors (Lipinski definition) is 1. The SMILES string of the molecule is Cc1cc2nc3c(Cl)c(C)ccc3c(=O)n2[nH]1. The molecule has 2 heterocycles.